The molecule has 0 aliphatic carbocycles. The second-order valence-electron chi connectivity index (χ2n) is 6.51. The highest BCUT2D eigenvalue weighted by atomic mass is 19.4. The Labute approximate surface area is 180 Å². The van der Waals surface area contributed by atoms with Gasteiger partial charge in [-0.15, -0.1) is 0 Å². The number of carbonyl (C=O) groups excluding carboxylic acids is 3. The maximum absolute atomic E-state index is 12.9. The molecule has 1 heterocycles. The predicted octanol–water partition coefficient (Wildman–Crippen LogP) is 3.95. The number of ether oxygens (including phenoxy) is 1. The molecule has 3 aromatic rings. The summed E-state index contributed by atoms with van der Waals surface area (Å²) in [4.78, 5) is 36.9. The summed E-state index contributed by atoms with van der Waals surface area (Å²) in [5.74, 6) is -2.46. The second kappa shape index (κ2) is 9.82. The first-order chi connectivity index (χ1) is 15.2. The van der Waals surface area contributed by atoms with Crippen molar-refractivity contribution in [3.63, 3.8) is 0 Å². The van der Waals surface area contributed by atoms with Crippen molar-refractivity contribution in [1.82, 2.24) is 5.32 Å². The summed E-state index contributed by atoms with van der Waals surface area (Å²) >= 11 is 0. The van der Waals surface area contributed by atoms with Crippen LogP contribution in [0.25, 0.3) is 0 Å². The topological polar surface area (TPSA) is 97.6 Å². The lowest BCUT2D eigenvalue weighted by molar-refractivity contribution is -0.153. The Kier molecular flexibility index (Phi) is 6.93. The van der Waals surface area contributed by atoms with E-state index in [4.69, 9.17) is 9.15 Å². The molecule has 0 saturated carbocycles. The van der Waals surface area contributed by atoms with Crippen LogP contribution in [0.3, 0.4) is 0 Å². The number of furan rings is 1. The van der Waals surface area contributed by atoms with Gasteiger partial charge in [-0.25, -0.2) is 0 Å². The zero-order chi connectivity index (χ0) is 23.1. The van der Waals surface area contributed by atoms with E-state index in [1.807, 2.05) is 0 Å². The van der Waals surface area contributed by atoms with E-state index in [-0.39, 0.29) is 11.4 Å². The lowest BCUT2D eigenvalue weighted by atomic mass is 10.1. The van der Waals surface area contributed by atoms with E-state index in [0.29, 0.717) is 5.56 Å². The fraction of sp³-hybridized carbons (Fsp3) is 0.136. The number of halogens is 3. The standard InChI is InChI=1S/C22H17F3N2O5/c23-22(24,25)15-8-4-9-16(12-15)27-21(30)19(14-6-2-1-3-7-14)32-18(28)13-26-20(29)17-10-5-11-31-17/h1-12,19H,13H2,(H,26,29)(H,27,30)/t19-/m0/s1. The minimum Gasteiger partial charge on any atom is -0.459 e. The van der Waals surface area contributed by atoms with Gasteiger partial charge in [0.1, 0.15) is 6.54 Å². The third-order valence-electron chi connectivity index (χ3n) is 4.19. The Morgan fingerprint density at radius 3 is 2.38 bits per heavy atom. The molecule has 0 bridgehead atoms. The van der Waals surface area contributed by atoms with Crippen LogP contribution in [-0.4, -0.2) is 24.3 Å². The van der Waals surface area contributed by atoms with Crippen molar-refractivity contribution in [2.75, 3.05) is 11.9 Å². The molecule has 2 amide bonds. The monoisotopic (exact) mass is 446 g/mol. The van der Waals surface area contributed by atoms with Crippen LogP contribution in [0.5, 0.6) is 0 Å². The molecule has 166 valence electrons. The fourth-order valence-electron chi connectivity index (χ4n) is 2.70. The highest BCUT2D eigenvalue weighted by Gasteiger charge is 2.31. The third-order valence-corrected chi connectivity index (χ3v) is 4.19. The van der Waals surface area contributed by atoms with Crippen LogP contribution in [0.1, 0.15) is 27.8 Å². The smallest absolute Gasteiger partial charge is 0.416 e. The average Bonchev–Trinajstić information content (AvgIpc) is 3.31. The highest BCUT2D eigenvalue weighted by molar-refractivity contribution is 5.97. The molecule has 0 aliphatic rings. The van der Waals surface area contributed by atoms with Gasteiger partial charge in [-0.3, -0.25) is 14.4 Å². The number of nitrogens with one attached hydrogen (secondary N) is 2. The summed E-state index contributed by atoms with van der Waals surface area (Å²) in [6.45, 7) is -0.556. The average molecular weight is 446 g/mol. The van der Waals surface area contributed by atoms with Gasteiger partial charge in [-0.05, 0) is 30.3 Å². The molecule has 2 N–H and O–H groups in total. The largest absolute Gasteiger partial charge is 0.459 e. The van der Waals surface area contributed by atoms with Crippen molar-refractivity contribution < 1.29 is 36.7 Å². The molecule has 1 atom stereocenters. The zero-order valence-corrected chi connectivity index (χ0v) is 16.4. The first-order valence-corrected chi connectivity index (χ1v) is 9.28. The van der Waals surface area contributed by atoms with Crippen LogP contribution in [0, 0.1) is 0 Å². The number of esters is 1. The van der Waals surface area contributed by atoms with Crippen LogP contribution in [0.15, 0.2) is 77.4 Å². The Bertz CT molecular complexity index is 1080. The Morgan fingerprint density at radius 2 is 1.72 bits per heavy atom. The summed E-state index contributed by atoms with van der Waals surface area (Å²) in [6, 6.07) is 14.9. The molecule has 1 aromatic heterocycles. The SMILES string of the molecule is O=C(CNC(=O)c1ccco1)O[C@H](C(=O)Nc1cccc(C(F)(F)F)c1)c1ccccc1. The third kappa shape index (κ3) is 5.97. The van der Waals surface area contributed by atoms with Crippen molar-refractivity contribution in [1.29, 1.82) is 0 Å². The second-order valence-corrected chi connectivity index (χ2v) is 6.51. The van der Waals surface area contributed by atoms with Crippen LogP contribution < -0.4 is 10.6 Å². The minimum absolute atomic E-state index is 0.0142. The summed E-state index contributed by atoms with van der Waals surface area (Å²) in [7, 11) is 0. The number of benzene rings is 2. The number of hydrogen-bond donors (Lipinski definition) is 2. The number of alkyl halides is 3. The van der Waals surface area contributed by atoms with Gasteiger partial charge in [-0.1, -0.05) is 36.4 Å². The number of amides is 2. The van der Waals surface area contributed by atoms with Gasteiger partial charge >= 0.3 is 12.1 Å². The van der Waals surface area contributed by atoms with Gasteiger partial charge < -0.3 is 19.8 Å². The molecule has 0 saturated heterocycles. The van der Waals surface area contributed by atoms with Gasteiger partial charge in [0.15, 0.2) is 5.76 Å². The minimum atomic E-state index is -4.59. The molecular weight excluding hydrogens is 429 g/mol. The van der Waals surface area contributed by atoms with E-state index in [1.54, 1.807) is 18.2 Å². The number of rotatable bonds is 7. The predicted molar refractivity (Wildman–Crippen MR) is 106 cm³/mol. The highest BCUT2D eigenvalue weighted by Crippen LogP contribution is 2.31. The summed E-state index contributed by atoms with van der Waals surface area (Å²) < 4.78 is 48.9. The molecule has 7 nitrogen and oxygen atoms in total. The van der Waals surface area contributed by atoms with Crippen molar-refractivity contribution in [3.05, 3.63) is 89.9 Å². The Hall–Kier alpha value is -4.08. The Balaban J connectivity index is 1.71. The van der Waals surface area contributed by atoms with E-state index in [0.717, 1.165) is 18.2 Å². The van der Waals surface area contributed by atoms with Crippen LogP contribution in [0.4, 0.5) is 18.9 Å². The molecule has 32 heavy (non-hydrogen) atoms. The van der Waals surface area contributed by atoms with Gasteiger partial charge in [0.25, 0.3) is 11.8 Å². The summed E-state index contributed by atoms with van der Waals surface area (Å²) in [5.41, 5.74) is -0.764. The molecule has 0 unspecified atom stereocenters. The van der Waals surface area contributed by atoms with Crippen molar-refractivity contribution in [3.8, 4) is 0 Å². The normalized spacial score (nSPS) is 12.0. The lowest BCUT2D eigenvalue weighted by Gasteiger charge is -2.18. The van der Waals surface area contributed by atoms with E-state index in [9.17, 15) is 27.6 Å². The summed E-state index contributed by atoms with van der Waals surface area (Å²) in [5, 5.41) is 4.62. The molecule has 0 spiro atoms. The van der Waals surface area contributed by atoms with Gasteiger partial charge in [0, 0.05) is 11.3 Å². The lowest BCUT2D eigenvalue weighted by Crippen LogP contribution is -2.33. The molecule has 3 rings (SSSR count). The quantitative estimate of drug-likeness (QED) is 0.536. The van der Waals surface area contributed by atoms with Crippen molar-refractivity contribution in [2.45, 2.75) is 12.3 Å². The van der Waals surface area contributed by atoms with E-state index < -0.39 is 42.2 Å². The molecule has 0 aliphatic heterocycles. The zero-order valence-electron chi connectivity index (χ0n) is 16.4. The molecule has 2 aromatic carbocycles. The number of hydrogen-bond acceptors (Lipinski definition) is 5. The van der Waals surface area contributed by atoms with E-state index >= 15 is 0 Å². The van der Waals surface area contributed by atoms with Crippen LogP contribution >= 0.6 is 0 Å². The summed E-state index contributed by atoms with van der Waals surface area (Å²) in [6.07, 6.45) is -4.76. The van der Waals surface area contributed by atoms with Crippen LogP contribution in [0.2, 0.25) is 0 Å². The number of anilines is 1. The van der Waals surface area contributed by atoms with Gasteiger partial charge in [0.05, 0.1) is 11.8 Å². The van der Waals surface area contributed by atoms with Crippen molar-refractivity contribution in [2.24, 2.45) is 0 Å². The first kappa shape index (κ1) is 22.6. The maximum atomic E-state index is 12.9. The van der Waals surface area contributed by atoms with Crippen molar-refractivity contribution >= 4 is 23.5 Å². The number of carbonyl (C=O) groups is 3. The molecule has 0 radical (unpaired) electrons. The fourth-order valence-corrected chi connectivity index (χ4v) is 2.70. The van der Waals surface area contributed by atoms with Gasteiger partial charge in [0.2, 0.25) is 6.10 Å². The van der Waals surface area contributed by atoms with E-state index in [1.165, 1.54) is 36.6 Å². The first-order valence-electron chi connectivity index (χ1n) is 9.28. The van der Waals surface area contributed by atoms with Crippen LogP contribution in [-0.2, 0) is 20.5 Å². The maximum Gasteiger partial charge on any atom is 0.416 e. The molecular formula is C22H17F3N2O5. The molecule has 10 heteroatoms. The Morgan fingerprint density at radius 1 is 0.969 bits per heavy atom. The van der Waals surface area contributed by atoms with Gasteiger partial charge in [-0.2, -0.15) is 13.2 Å². The molecule has 0 fully saturated rings. The van der Waals surface area contributed by atoms with E-state index in [2.05, 4.69) is 10.6 Å².